The SMILES string of the molecule is C=O.CS. The molecule has 0 heterocycles. The van der Waals surface area contributed by atoms with Crippen molar-refractivity contribution in [2.75, 3.05) is 6.26 Å². The predicted molar refractivity (Wildman–Crippen MR) is 22.0 cm³/mol. The number of thiol groups is 1. The van der Waals surface area contributed by atoms with Crippen LogP contribution in [0.25, 0.3) is 0 Å². The molecule has 0 spiro atoms. The molecular formula is C2H6OS. The Morgan fingerprint density at radius 1 is 1.50 bits per heavy atom. The largest absolute Gasteiger partial charge is 0.307 e. The van der Waals surface area contributed by atoms with E-state index in [1.807, 2.05) is 6.79 Å². The standard InChI is InChI=1S/CH2O.CH4S/c2*1-2/h1H2;2H,1H3. The van der Waals surface area contributed by atoms with E-state index in [2.05, 4.69) is 12.6 Å². The molecule has 0 aliphatic rings. The molecule has 0 saturated carbocycles. The number of rotatable bonds is 0. The smallest absolute Gasteiger partial charge is 0.106 e. The van der Waals surface area contributed by atoms with E-state index >= 15 is 0 Å². The first-order valence-corrected chi connectivity index (χ1v) is 1.63. The quantitative estimate of drug-likeness (QED) is 0.414. The lowest BCUT2D eigenvalue weighted by molar-refractivity contribution is -0.0979. The molecule has 0 fully saturated rings. The Morgan fingerprint density at radius 3 is 1.50 bits per heavy atom. The topological polar surface area (TPSA) is 17.1 Å². The van der Waals surface area contributed by atoms with Gasteiger partial charge in [-0.25, -0.2) is 0 Å². The Bertz CT molecular complexity index is 6.00. The normalized spacial score (nSPS) is 2.50. The van der Waals surface area contributed by atoms with Gasteiger partial charge in [-0.15, -0.1) is 0 Å². The van der Waals surface area contributed by atoms with Crippen molar-refractivity contribution in [2.24, 2.45) is 0 Å². The zero-order valence-corrected chi connectivity index (χ0v) is 3.46. The molecule has 0 aromatic rings. The molecule has 26 valence electrons. The van der Waals surface area contributed by atoms with Gasteiger partial charge in [-0.05, 0) is 6.26 Å². The highest BCUT2D eigenvalue weighted by atomic mass is 32.1. The molecule has 0 aliphatic carbocycles. The maximum atomic E-state index is 8.00. The summed E-state index contributed by atoms with van der Waals surface area (Å²) in [5.74, 6) is 0. The Kier molecular flexibility index (Phi) is 69200. The van der Waals surface area contributed by atoms with E-state index in [0.29, 0.717) is 0 Å². The van der Waals surface area contributed by atoms with Gasteiger partial charge in [0.15, 0.2) is 0 Å². The lowest BCUT2D eigenvalue weighted by Crippen LogP contribution is -0.925. The van der Waals surface area contributed by atoms with Gasteiger partial charge < -0.3 is 4.79 Å². The zero-order chi connectivity index (χ0) is 4.00. The molecular weight excluding hydrogens is 72.1 g/mol. The third-order valence-electron chi connectivity index (χ3n) is 0. The van der Waals surface area contributed by atoms with E-state index in [-0.39, 0.29) is 0 Å². The van der Waals surface area contributed by atoms with Crippen molar-refractivity contribution >= 4 is 19.4 Å². The van der Waals surface area contributed by atoms with Crippen LogP contribution in [0.5, 0.6) is 0 Å². The van der Waals surface area contributed by atoms with Crippen LogP contribution in [0.1, 0.15) is 0 Å². The number of carbonyl (C=O) groups is 1. The minimum Gasteiger partial charge on any atom is -0.307 e. The highest BCUT2D eigenvalue weighted by molar-refractivity contribution is 7.79. The van der Waals surface area contributed by atoms with E-state index in [9.17, 15) is 0 Å². The van der Waals surface area contributed by atoms with E-state index in [4.69, 9.17) is 4.79 Å². The van der Waals surface area contributed by atoms with Crippen LogP contribution in [-0.4, -0.2) is 13.0 Å². The lowest BCUT2D eigenvalue weighted by Gasteiger charge is -1.11. The molecule has 0 amide bonds. The average molecular weight is 78.1 g/mol. The van der Waals surface area contributed by atoms with Crippen LogP contribution in [0, 0.1) is 0 Å². The van der Waals surface area contributed by atoms with E-state index in [1.54, 1.807) is 6.26 Å². The molecule has 0 saturated heterocycles. The molecule has 0 atom stereocenters. The summed E-state index contributed by atoms with van der Waals surface area (Å²) in [7, 11) is 0. The van der Waals surface area contributed by atoms with Gasteiger partial charge in [0.2, 0.25) is 0 Å². The van der Waals surface area contributed by atoms with Crippen molar-refractivity contribution in [3.05, 3.63) is 0 Å². The Balaban J connectivity index is 0. The summed E-state index contributed by atoms with van der Waals surface area (Å²) in [6.07, 6.45) is 1.69. The Hall–Kier alpha value is 0.0200. The Morgan fingerprint density at radius 2 is 1.50 bits per heavy atom. The zero-order valence-electron chi connectivity index (χ0n) is 2.56. The van der Waals surface area contributed by atoms with Gasteiger partial charge in [0.05, 0.1) is 0 Å². The fourth-order valence-corrected chi connectivity index (χ4v) is 0. The van der Waals surface area contributed by atoms with Gasteiger partial charge in [0, 0.05) is 0 Å². The van der Waals surface area contributed by atoms with Gasteiger partial charge >= 0.3 is 0 Å². The van der Waals surface area contributed by atoms with Crippen molar-refractivity contribution in [2.45, 2.75) is 0 Å². The molecule has 0 N–H and O–H groups in total. The molecule has 4 heavy (non-hydrogen) atoms. The van der Waals surface area contributed by atoms with Gasteiger partial charge in [-0.1, -0.05) is 0 Å². The minimum atomic E-state index is 1.69. The second-order valence-electron chi connectivity index (χ2n) is 0. The second kappa shape index (κ2) is 30800. The van der Waals surface area contributed by atoms with E-state index in [0.717, 1.165) is 0 Å². The van der Waals surface area contributed by atoms with Crippen LogP contribution in [0.3, 0.4) is 0 Å². The highest BCUT2D eigenvalue weighted by Crippen LogP contribution is 1.31. The minimum absolute atomic E-state index is 1.69. The van der Waals surface area contributed by atoms with Crippen molar-refractivity contribution in [3.63, 3.8) is 0 Å². The van der Waals surface area contributed by atoms with Crippen molar-refractivity contribution in [3.8, 4) is 0 Å². The lowest BCUT2D eigenvalue weighted by atomic mass is 11.9. The molecule has 0 rings (SSSR count). The molecule has 0 radical (unpaired) electrons. The summed E-state index contributed by atoms with van der Waals surface area (Å²) in [6, 6.07) is 0. The van der Waals surface area contributed by atoms with Crippen LogP contribution >= 0.6 is 12.6 Å². The molecule has 0 aliphatic heterocycles. The van der Waals surface area contributed by atoms with E-state index < -0.39 is 0 Å². The van der Waals surface area contributed by atoms with Crippen molar-refractivity contribution in [1.82, 2.24) is 0 Å². The third-order valence-corrected chi connectivity index (χ3v) is 0. The van der Waals surface area contributed by atoms with Crippen LogP contribution in [0.4, 0.5) is 0 Å². The molecule has 0 unspecified atom stereocenters. The van der Waals surface area contributed by atoms with Crippen LogP contribution in [0.15, 0.2) is 0 Å². The van der Waals surface area contributed by atoms with Gasteiger partial charge in [0.25, 0.3) is 0 Å². The van der Waals surface area contributed by atoms with Crippen LogP contribution in [0.2, 0.25) is 0 Å². The van der Waals surface area contributed by atoms with Crippen molar-refractivity contribution < 1.29 is 4.79 Å². The first kappa shape index (κ1) is 8.99. The van der Waals surface area contributed by atoms with E-state index in [1.165, 1.54) is 0 Å². The summed E-state index contributed by atoms with van der Waals surface area (Å²) >= 11 is 3.53. The maximum absolute atomic E-state index is 8.00. The molecule has 0 bridgehead atoms. The average Bonchev–Trinajstić information content (AvgIpc) is 1.50. The summed E-state index contributed by atoms with van der Waals surface area (Å²) in [5, 5.41) is 0. The number of hydrogen-bond acceptors (Lipinski definition) is 2. The number of hydrogen-bond donors (Lipinski definition) is 1. The Labute approximate surface area is 31.4 Å². The summed E-state index contributed by atoms with van der Waals surface area (Å²) in [5.41, 5.74) is 0. The second-order valence-corrected chi connectivity index (χ2v) is 0. The first-order chi connectivity index (χ1) is 2.00. The van der Waals surface area contributed by atoms with Crippen LogP contribution in [-0.2, 0) is 4.79 Å². The number of carbonyl (C=O) groups excluding carboxylic acids is 1. The monoisotopic (exact) mass is 78.0 g/mol. The molecule has 2 heteroatoms. The maximum Gasteiger partial charge on any atom is 0.106 e. The fourth-order valence-electron chi connectivity index (χ4n) is 0. The predicted octanol–water partition coefficient (Wildman–Crippen LogP) is 0.361. The first-order valence-electron chi connectivity index (χ1n) is 0.736. The summed E-state index contributed by atoms with van der Waals surface area (Å²) in [6.45, 7) is 2.00. The summed E-state index contributed by atoms with van der Waals surface area (Å²) in [4.78, 5) is 8.00. The van der Waals surface area contributed by atoms with Crippen molar-refractivity contribution in [1.29, 1.82) is 0 Å². The molecule has 0 aromatic carbocycles. The van der Waals surface area contributed by atoms with Crippen LogP contribution < -0.4 is 0 Å². The fraction of sp³-hybridized carbons (Fsp3) is 0.500. The third kappa shape index (κ3) is 5250. The van der Waals surface area contributed by atoms with Gasteiger partial charge in [-0.2, -0.15) is 12.6 Å². The van der Waals surface area contributed by atoms with Gasteiger partial charge in [-0.3, -0.25) is 0 Å². The van der Waals surface area contributed by atoms with Gasteiger partial charge in [0.1, 0.15) is 6.79 Å². The summed E-state index contributed by atoms with van der Waals surface area (Å²) < 4.78 is 0. The molecule has 0 aromatic heterocycles. The highest BCUT2D eigenvalue weighted by Gasteiger charge is 0.901. The molecule has 1 nitrogen and oxygen atoms in total.